The van der Waals surface area contributed by atoms with E-state index in [1.807, 2.05) is 31.2 Å². The molecule has 0 aromatic heterocycles. The molecular weight excluding hydrogens is 418 g/mol. The van der Waals surface area contributed by atoms with Gasteiger partial charge in [-0.05, 0) is 42.8 Å². The van der Waals surface area contributed by atoms with Crippen molar-refractivity contribution in [1.29, 1.82) is 0 Å². The molecule has 2 aliphatic heterocycles. The summed E-state index contributed by atoms with van der Waals surface area (Å²) in [5, 5.41) is 2.80. The highest BCUT2D eigenvalue weighted by atomic mass is 32.2. The first kappa shape index (κ1) is 21.5. The number of anilines is 1. The van der Waals surface area contributed by atoms with Gasteiger partial charge in [-0.1, -0.05) is 18.2 Å². The van der Waals surface area contributed by atoms with Gasteiger partial charge in [-0.25, -0.2) is 8.42 Å². The van der Waals surface area contributed by atoms with E-state index in [0.717, 1.165) is 5.56 Å². The number of likely N-dealkylation sites (N-methyl/N-ethyl adjacent to an activating group) is 1. The third kappa shape index (κ3) is 4.08. The number of benzene rings is 2. The highest BCUT2D eigenvalue weighted by molar-refractivity contribution is 7.89. The van der Waals surface area contributed by atoms with Crippen LogP contribution in [0.3, 0.4) is 0 Å². The van der Waals surface area contributed by atoms with Crippen LogP contribution in [0.1, 0.15) is 22.8 Å². The Kier molecular flexibility index (Phi) is 6.08. The van der Waals surface area contributed by atoms with E-state index < -0.39 is 16.1 Å². The minimum absolute atomic E-state index is 0.132. The minimum Gasteiger partial charge on any atom is -0.379 e. The standard InChI is InChI=1S/C22H25N3O5S/c1-2-23-21(26)20-15-17-5-3-4-6-19(17)25(20)22(27)16-7-9-18(10-8-16)31(28,29)24-11-13-30-14-12-24/h3-10,20H,2,11-15H2,1H3,(H,23,26)/t20-/m0/s1. The normalized spacial score (nSPS) is 19.1. The van der Waals surface area contributed by atoms with Crippen LogP contribution >= 0.6 is 0 Å². The van der Waals surface area contributed by atoms with E-state index in [9.17, 15) is 18.0 Å². The summed E-state index contributed by atoms with van der Waals surface area (Å²) < 4.78 is 32.3. The number of nitrogens with zero attached hydrogens (tertiary/aromatic N) is 2. The van der Waals surface area contributed by atoms with Crippen LogP contribution in [0, 0.1) is 0 Å². The Hall–Kier alpha value is -2.75. The molecule has 1 N–H and O–H groups in total. The number of sulfonamides is 1. The summed E-state index contributed by atoms with van der Waals surface area (Å²) in [4.78, 5) is 27.6. The maximum atomic E-state index is 13.4. The van der Waals surface area contributed by atoms with Crippen LogP contribution in [-0.4, -0.2) is 63.4 Å². The molecule has 0 radical (unpaired) electrons. The van der Waals surface area contributed by atoms with E-state index in [0.29, 0.717) is 50.5 Å². The highest BCUT2D eigenvalue weighted by Gasteiger charge is 2.38. The third-order valence-corrected chi connectivity index (χ3v) is 7.47. The van der Waals surface area contributed by atoms with Gasteiger partial charge in [0.1, 0.15) is 6.04 Å². The quantitative estimate of drug-likeness (QED) is 0.754. The Morgan fingerprint density at radius 1 is 1.06 bits per heavy atom. The van der Waals surface area contributed by atoms with Crippen LogP contribution < -0.4 is 10.2 Å². The fourth-order valence-corrected chi connectivity index (χ4v) is 5.39. The Morgan fingerprint density at radius 3 is 2.42 bits per heavy atom. The van der Waals surface area contributed by atoms with Gasteiger partial charge in [0.2, 0.25) is 15.9 Å². The van der Waals surface area contributed by atoms with E-state index in [4.69, 9.17) is 4.74 Å². The molecule has 164 valence electrons. The lowest BCUT2D eigenvalue weighted by Crippen LogP contribution is -2.48. The molecule has 9 heteroatoms. The number of carbonyl (C=O) groups excluding carboxylic acids is 2. The molecule has 2 heterocycles. The lowest BCUT2D eigenvalue weighted by atomic mass is 10.1. The van der Waals surface area contributed by atoms with Crippen LogP contribution in [0.15, 0.2) is 53.4 Å². The fourth-order valence-electron chi connectivity index (χ4n) is 3.98. The fraction of sp³-hybridized carbons (Fsp3) is 0.364. The minimum atomic E-state index is -3.64. The second-order valence-electron chi connectivity index (χ2n) is 7.46. The summed E-state index contributed by atoms with van der Waals surface area (Å²) in [5.74, 6) is -0.546. The number of amides is 2. The number of rotatable bonds is 5. The molecule has 1 atom stereocenters. The lowest BCUT2D eigenvalue weighted by molar-refractivity contribution is -0.122. The van der Waals surface area contributed by atoms with Crippen LogP contribution in [0.25, 0.3) is 0 Å². The molecular formula is C22H25N3O5S. The summed E-state index contributed by atoms with van der Waals surface area (Å²) in [6.45, 7) is 3.65. The predicted octanol–water partition coefficient (Wildman–Crippen LogP) is 1.42. The van der Waals surface area contributed by atoms with E-state index >= 15 is 0 Å². The summed E-state index contributed by atoms with van der Waals surface area (Å²) in [7, 11) is -3.64. The first-order valence-corrected chi connectivity index (χ1v) is 11.7. The van der Waals surface area contributed by atoms with E-state index in [1.165, 1.54) is 33.5 Å². The summed E-state index contributed by atoms with van der Waals surface area (Å²) in [5.41, 5.74) is 1.96. The SMILES string of the molecule is CCNC(=O)[C@@H]1Cc2ccccc2N1C(=O)c1ccc(S(=O)(=O)N2CCOCC2)cc1. The molecule has 0 aliphatic carbocycles. The number of hydrogen-bond acceptors (Lipinski definition) is 5. The van der Waals surface area contributed by atoms with Crippen molar-refractivity contribution in [1.82, 2.24) is 9.62 Å². The number of para-hydroxylation sites is 1. The van der Waals surface area contributed by atoms with Gasteiger partial charge in [-0.2, -0.15) is 4.31 Å². The zero-order chi connectivity index (χ0) is 22.0. The van der Waals surface area contributed by atoms with Gasteiger partial charge in [0, 0.05) is 37.3 Å². The average Bonchev–Trinajstić information content (AvgIpc) is 3.19. The van der Waals surface area contributed by atoms with Gasteiger partial charge in [-0.3, -0.25) is 14.5 Å². The van der Waals surface area contributed by atoms with Crippen LogP contribution in [-0.2, 0) is 26.0 Å². The smallest absolute Gasteiger partial charge is 0.259 e. The van der Waals surface area contributed by atoms with Gasteiger partial charge in [-0.15, -0.1) is 0 Å². The highest BCUT2D eigenvalue weighted by Crippen LogP contribution is 2.33. The van der Waals surface area contributed by atoms with Crippen molar-refractivity contribution in [2.75, 3.05) is 37.7 Å². The van der Waals surface area contributed by atoms with Gasteiger partial charge in [0.15, 0.2) is 0 Å². The molecule has 2 aromatic carbocycles. The van der Waals surface area contributed by atoms with Crippen molar-refractivity contribution in [3.05, 3.63) is 59.7 Å². The van der Waals surface area contributed by atoms with Crippen molar-refractivity contribution >= 4 is 27.5 Å². The molecule has 1 fully saturated rings. The Labute approximate surface area is 181 Å². The van der Waals surface area contributed by atoms with E-state index in [2.05, 4.69) is 5.32 Å². The molecule has 1 saturated heterocycles. The Morgan fingerprint density at radius 2 is 1.74 bits per heavy atom. The largest absolute Gasteiger partial charge is 0.379 e. The maximum absolute atomic E-state index is 13.4. The van der Waals surface area contributed by atoms with Crippen LogP contribution in [0.2, 0.25) is 0 Å². The molecule has 2 aliphatic rings. The zero-order valence-electron chi connectivity index (χ0n) is 17.3. The summed E-state index contributed by atoms with van der Waals surface area (Å²) in [6, 6.07) is 12.7. The second-order valence-corrected chi connectivity index (χ2v) is 9.40. The van der Waals surface area contributed by atoms with Gasteiger partial charge in [0.25, 0.3) is 5.91 Å². The molecule has 0 saturated carbocycles. The van der Waals surface area contributed by atoms with Crippen molar-refractivity contribution < 1.29 is 22.7 Å². The van der Waals surface area contributed by atoms with Gasteiger partial charge in [0.05, 0.1) is 18.1 Å². The third-order valence-electron chi connectivity index (χ3n) is 5.56. The number of ether oxygens (including phenoxy) is 1. The van der Waals surface area contributed by atoms with Crippen molar-refractivity contribution in [3.63, 3.8) is 0 Å². The van der Waals surface area contributed by atoms with E-state index in [1.54, 1.807) is 0 Å². The van der Waals surface area contributed by atoms with Gasteiger partial charge < -0.3 is 10.1 Å². The summed E-state index contributed by atoms with van der Waals surface area (Å²) in [6.07, 6.45) is 0.442. The second kappa shape index (κ2) is 8.78. The monoisotopic (exact) mass is 443 g/mol. The van der Waals surface area contributed by atoms with Gasteiger partial charge >= 0.3 is 0 Å². The number of carbonyl (C=O) groups is 2. The molecule has 0 bridgehead atoms. The molecule has 2 amide bonds. The molecule has 0 spiro atoms. The topological polar surface area (TPSA) is 96.0 Å². The van der Waals surface area contributed by atoms with Crippen LogP contribution in [0.5, 0.6) is 0 Å². The predicted molar refractivity (Wildman–Crippen MR) is 115 cm³/mol. The maximum Gasteiger partial charge on any atom is 0.259 e. The van der Waals surface area contributed by atoms with Crippen molar-refractivity contribution in [2.24, 2.45) is 0 Å². The lowest BCUT2D eigenvalue weighted by Gasteiger charge is -2.26. The first-order valence-electron chi connectivity index (χ1n) is 10.3. The molecule has 2 aromatic rings. The van der Waals surface area contributed by atoms with E-state index in [-0.39, 0.29) is 16.7 Å². The Balaban J connectivity index is 1.61. The van der Waals surface area contributed by atoms with Crippen molar-refractivity contribution in [2.45, 2.75) is 24.3 Å². The molecule has 4 rings (SSSR count). The number of hydrogen-bond donors (Lipinski definition) is 1. The molecule has 31 heavy (non-hydrogen) atoms. The average molecular weight is 444 g/mol. The van der Waals surface area contributed by atoms with Crippen molar-refractivity contribution in [3.8, 4) is 0 Å². The first-order chi connectivity index (χ1) is 14.9. The number of nitrogens with one attached hydrogen (secondary N) is 1. The molecule has 0 unspecified atom stereocenters. The number of fused-ring (bicyclic) bond motifs is 1. The molecule has 8 nitrogen and oxygen atoms in total. The number of morpholine rings is 1. The summed E-state index contributed by atoms with van der Waals surface area (Å²) >= 11 is 0. The Bertz CT molecular complexity index is 1080. The zero-order valence-corrected chi connectivity index (χ0v) is 18.1. The van der Waals surface area contributed by atoms with Crippen LogP contribution in [0.4, 0.5) is 5.69 Å².